The highest BCUT2D eigenvalue weighted by atomic mass is 16.6. The van der Waals surface area contributed by atoms with E-state index in [1.165, 1.54) is 0 Å². The van der Waals surface area contributed by atoms with Crippen LogP contribution < -0.4 is 5.73 Å². The van der Waals surface area contributed by atoms with E-state index in [0.717, 1.165) is 19.3 Å². The summed E-state index contributed by atoms with van der Waals surface area (Å²) in [5.74, 6) is 0.307. The Morgan fingerprint density at radius 1 is 1.47 bits per heavy atom. The maximum atomic E-state index is 11.6. The molecule has 0 bridgehead atoms. The minimum absolute atomic E-state index is 0.00118. The molecule has 1 aliphatic rings. The van der Waals surface area contributed by atoms with Gasteiger partial charge >= 0.3 is 5.97 Å². The number of ether oxygens (including phenoxy) is 2. The third kappa shape index (κ3) is 4.64. The molecule has 0 aromatic rings. The highest BCUT2D eigenvalue weighted by Crippen LogP contribution is 2.36. The van der Waals surface area contributed by atoms with Crippen LogP contribution in [0.15, 0.2) is 0 Å². The maximum absolute atomic E-state index is 11.6. The largest absolute Gasteiger partial charge is 0.458 e. The van der Waals surface area contributed by atoms with Gasteiger partial charge in [-0.15, -0.1) is 0 Å². The lowest BCUT2D eigenvalue weighted by Gasteiger charge is -2.28. The van der Waals surface area contributed by atoms with Crippen molar-refractivity contribution < 1.29 is 14.3 Å². The Hall–Kier alpha value is -0.610. The quantitative estimate of drug-likeness (QED) is 0.766. The minimum Gasteiger partial charge on any atom is -0.458 e. The van der Waals surface area contributed by atoms with E-state index in [-0.39, 0.29) is 18.2 Å². The van der Waals surface area contributed by atoms with Gasteiger partial charge in [-0.05, 0) is 46.0 Å². The Morgan fingerprint density at radius 3 is 2.53 bits per heavy atom. The lowest BCUT2D eigenvalue weighted by atomic mass is 10.0. The van der Waals surface area contributed by atoms with Crippen molar-refractivity contribution in [3.8, 4) is 0 Å². The molecule has 1 rings (SSSR count). The summed E-state index contributed by atoms with van der Waals surface area (Å²) in [5, 5.41) is 0. The predicted octanol–water partition coefficient (Wildman–Crippen LogP) is 1.86. The summed E-state index contributed by atoms with van der Waals surface area (Å²) in [6.07, 6.45) is 2.99. The lowest BCUT2D eigenvalue weighted by molar-refractivity contribution is -0.166. The zero-order chi connectivity index (χ0) is 13.1. The smallest absolute Gasteiger partial charge is 0.332 e. The number of hydrogen-bond donors (Lipinski definition) is 1. The highest BCUT2D eigenvalue weighted by Gasteiger charge is 2.38. The third-order valence-electron chi connectivity index (χ3n) is 3.10. The van der Waals surface area contributed by atoms with E-state index >= 15 is 0 Å². The number of esters is 1. The van der Waals surface area contributed by atoms with Crippen molar-refractivity contribution in [3.63, 3.8) is 0 Å². The second-order valence-corrected chi connectivity index (χ2v) is 6.11. The van der Waals surface area contributed by atoms with E-state index in [4.69, 9.17) is 15.2 Å². The van der Waals surface area contributed by atoms with Crippen molar-refractivity contribution in [2.45, 2.75) is 58.2 Å². The topological polar surface area (TPSA) is 61.5 Å². The molecule has 0 spiro atoms. The van der Waals surface area contributed by atoms with E-state index in [0.29, 0.717) is 12.5 Å². The van der Waals surface area contributed by atoms with Gasteiger partial charge in [-0.2, -0.15) is 0 Å². The molecule has 1 saturated carbocycles. The molecule has 2 unspecified atom stereocenters. The molecule has 17 heavy (non-hydrogen) atoms. The van der Waals surface area contributed by atoms with Crippen molar-refractivity contribution in [1.82, 2.24) is 0 Å². The molecule has 100 valence electrons. The van der Waals surface area contributed by atoms with Gasteiger partial charge in [-0.1, -0.05) is 6.92 Å². The molecule has 2 atom stereocenters. The summed E-state index contributed by atoms with van der Waals surface area (Å²) in [5.41, 5.74) is 5.00. The number of rotatable bonds is 4. The first-order valence-electron chi connectivity index (χ1n) is 6.32. The Balaban J connectivity index is 2.41. The standard InChI is InChI=1S/C13H25NO3/c1-10-5-6-13(7-10,9-14)16-8-11(15)17-12(2,3)4/h10H,5-9,14H2,1-4H3. The summed E-state index contributed by atoms with van der Waals surface area (Å²) < 4.78 is 10.9. The summed E-state index contributed by atoms with van der Waals surface area (Å²) in [6.45, 7) is 8.21. The number of carbonyl (C=O) groups excluding carboxylic acids is 1. The Bertz CT molecular complexity index is 272. The van der Waals surface area contributed by atoms with Crippen LogP contribution in [-0.4, -0.2) is 30.3 Å². The van der Waals surface area contributed by atoms with Crippen molar-refractivity contribution in [1.29, 1.82) is 0 Å². The summed E-state index contributed by atoms with van der Waals surface area (Å²) in [6, 6.07) is 0. The third-order valence-corrected chi connectivity index (χ3v) is 3.10. The van der Waals surface area contributed by atoms with Crippen LogP contribution in [0.1, 0.15) is 47.0 Å². The summed E-state index contributed by atoms with van der Waals surface area (Å²) in [7, 11) is 0. The van der Waals surface area contributed by atoms with Gasteiger partial charge in [0.05, 0.1) is 5.60 Å². The van der Waals surface area contributed by atoms with Crippen molar-refractivity contribution in [3.05, 3.63) is 0 Å². The zero-order valence-corrected chi connectivity index (χ0v) is 11.4. The van der Waals surface area contributed by atoms with Crippen LogP contribution in [0.4, 0.5) is 0 Å². The SMILES string of the molecule is CC1CCC(CN)(OCC(=O)OC(C)(C)C)C1. The van der Waals surface area contributed by atoms with Crippen molar-refractivity contribution in [2.24, 2.45) is 11.7 Å². The van der Waals surface area contributed by atoms with Gasteiger partial charge in [0.15, 0.2) is 0 Å². The second kappa shape index (κ2) is 5.36. The second-order valence-electron chi connectivity index (χ2n) is 6.11. The first-order chi connectivity index (χ1) is 7.76. The highest BCUT2D eigenvalue weighted by molar-refractivity contribution is 5.71. The van der Waals surface area contributed by atoms with Gasteiger partial charge in [0, 0.05) is 6.54 Å². The average Bonchev–Trinajstić information content (AvgIpc) is 2.56. The fourth-order valence-electron chi connectivity index (χ4n) is 2.31. The van der Waals surface area contributed by atoms with Crippen LogP contribution in [0.25, 0.3) is 0 Å². The molecular formula is C13H25NO3. The number of nitrogens with two attached hydrogens (primary N) is 1. The first kappa shape index (κ1) is 14.5. The molecular weight excluding hydrogens is 218 g/mol. The zero-order valence-electron chi connectivity index (χ0n) is 11.4. The van der Waals surface area contributed by atoms with E-state index in [1.54, 1.807) is 0 Å². The fourth-order valence-corrected chi connectivity index (χ4v) is 2.31. The van der Waals surface area contributed by atoms with Gasteiger partial charge < -0.3 is 15.2 Å². The molecule has 0 aromatic heterocycles. The Labute approximate surface area is 104 Å². The molecule has 2 N–H and O–H groups in total. The maximum Gasteiger partial charge on any atom is 0.332 e. The average molecular weight is 243 g/mol. The molecule has 4 heteroatoms. The van der Waals surface area contributed by atoms with Crippen LogP contribution in [0, 0.1) is 5.92 Å². The molecule has 0 aromatic carbocycles. The molecule has 1 aliphatic carbocycles. The molecule has 1 fully saturated rings. The van der Waals surface area contributed by atoms with Gasteiger partial charge in [-0.25, -0.2) is 4.79 Å². The van der Waals surface area contributed by atoms with Crippen LogP contribution in [0.3, 0.4) is 0 Å². The van der Waals surface area contributed by atoms with E-state index in [9.17, 15) is 4.79 Å². The number of carbonyl (C=O) groups is 1. The van der Waals surface area contributed by atoms with Crippen LogP contribution in [0.2, 0.25) is 0 Å². The molecule has 4 nitrogen and oxygen atoms in total. The monoisotopic (exact) mass is 243 g/mol. The normalized spacial score (nSPS) is 29.4. The molecule has 0 radical (unpaired) electrons. The minimum atomic E-state index is -0.459. The van der Waals surface area contributed by atoms with Crippen LogP contribution >= 0.6 is 0 Å². The van der Waals surface area contributed by atoms with Gasteiger partial charge in [-0.3, -0.25) is 0 Å². The molecule has 0 amide bonds. The van der Waals surface area contributed by atoms with E-state index < -0.39 is 5.60 Å². The first-order valence-corrected chi connectivity index (χ1v) is 6.32. The Morgan fingerprint density at radius 2 is 2.12 bits per heavy atom. The lowest BCUT2D eigenvalue weighted by Crippen LogP contribution is -2.40. The van der Waals surface area contributed by atoms with Crippen molar-refractivity contribution >= 4 is 5.97 Å². The fraction of sp³-hybridized carbons (Fsp3) is 0.923. The predicted molar refractivity (Wildman–Crippen MR) is 66.6 cm³/mol. The molecule has 0 aliphatic heterocycles. The molecule has 0 saturated heterocycles. The van der Waals surface area contributed by atoms with Crippen LogP contribution in [-0.2, 0) is 14.3 Å². The van der Waals surface area contributed by atoms with Gasteiger partial charge in [0.2, 0.25) is 0 Å². The van der Waals surface area contributed by atoms with Crippen molar-refractivity contribution in [2.75, 3.05) is 13.2 Å². The summed E-state index contributed by atoms with van der Waals surface area (Å²) >= 11 is 0. The molecule has 0 heterocycles. The Kier molecular flexibility index (Phi) is 4.55. The summed E-state index contributed by atoms with van der Waals surface area (Å²) in [4.78, 5) is 11.6. The van der Waals surface area contributed by atoms with E-state index in [1.807, 2.05) is 20.8 Å². The van der Waals surface area contributed by atoms with Gasteiger partial charge in [0.25, 0.3) is 0 Å². The van der Waals surface area contributed by atoms with Gasteiger partial charge in [0.1, 0.15) is 12.2 Å². The van der Waals surface area contributed by atoms with Crippen LogP contribution in [0.5, 0.6) is 0 Å². The number of hydrogen-bond acceptors (Lipinski definition) is 4. The van der Waals surface area contributed by atoms with E-state index in [2.05, 4.69) is 6.92 Å².